The SMILES string of the molecule is CN=C(NCc1ncc(C)s1)NCc1ccc(F)cc1CSC. The number of thiazole rings is 1. The lowest BCUT2D eigenvalue weighted by molar-refractivity contribution is 0.625. The molecule has 2 N–H and O–H groups in total. The number of aliphatic imine (C=N–C) groups is 1. The van der Waals surface area contributed by atoms with E-state index in [4.69, 9.17) is 0 Å². The Balaban J connectivity index is 1.92. The fourth-order valence-corrected chi connectivity index (χ4v) is 3.41. The minimum atomic E-state index is -0.195. The number of halogens is 1. The van der Waals surface area contributed by atoms with Gasteiger partial charge in [-0.25, -0.2) is 9.37 Å². The van der Waals surface area contributed by atoms with Gasteiger partial charge in [-0.1, -0.05) is 6.07 Å². The molecule has 0 atom stereocenters. The molecular formula is C16H21FN4S2. The summed E-state index contributed by atoms with van der Waals surface area (Å²) in [4.78, 5) is 9.72. The number of rotatable bonds is 6. The maximum atomic E-state index is 13.4. The van der Waals surface area contributed by atoms with Crippen molar-refractivity contribution in [1.82, 2.24) is 15.6 Å². The second kappa shape index (κ2) is 8.88. The molecule has 0 unspecified atom stereocenters. The molecule has 0 aliphatic heterocycles. The average molecular weight is 353 g/mol. The molecule has 0 fully saturated rings. The fraction of sp³-hybridized carbons (Fsp3) is 0.375. The summed E-state index contributed by atoms with van der Waals surface area (Å²) in [6, 6.07) is 4.92. The van der Waals surface area contributed by atoms with Crippen LogP contribution >= 0.6 is 23.1 Å². The lowest BCUT2D eigenvalue weighted by Gasteiger charge is -2.13. The van der Waals surface area contributed by atoms with Crippen LogP contribution in [0.3, 0.4) is 0 Å². The van der Waals surface area contributed by atoms with Gasteiger partial charge in [-0.3, -0.25) is 4.99 Å². The molecule has 0 spiro atoms. The number of aromatic nitrogens is 1. The number of benzene rings is 1. The standard InChI is InChI=1S/C16H21FN4S2/c1-11-7-19-15(23-11)9-21-16(18-2)20-8-12-4-5-14(17)6-13(12)10-22-3/h4-7H,8-10H2,1-3H3,(H2,18,20,21). The summed E-state index contributed by atoms with van der Waals surface area (Å²) in [5, 5.41) is 7.53. The number of hydrogen-bond donors (Lipinski definition) is 2. The third-order valence-electron chi connectivity index (χ3n) is 3.21. The van der Waals surface area contributed by atoms with E-state index >= 15 is 0 Å². The normalized spacial score (nSPS) is 11.6. The molecule has 0 bridgehead atoms. The molecule has 2 aromatic rings. The van der Waals surface area contributed by atoms with Crippen LogP contribution in [0, 0.1) is 12.7 Å². The van der Waals surface area contributed by atoms with Gasteiger partial charge in [0.2, 0.25) is 0 Å². The predicted octanol–water partition coefficient (Wildman–Crippen LogP) is 3.32. The molecule has 0 saturated heterocycles. The summed E-state index contributed by atoms with van der Waals surface area (Å²) >= 11 is 3.34. The van der Waals surface area contributed by atoms with E-state index in [1.54, 1.807) is 36.2 Å². The first-order valence-corrected chi connectivity index (χ1v) is 9.45. The number of hydrogen-bond acceptors (Lipinski definition) is 4. The highest BCUT2D eigenvalue weighted by Gasteiger charge is 2.06. The van der Waals surface area contributed by atoms with Crippen molar-refractivity contribution in [2.75, 3.05) is 13.3 Å². The third kappa shape index (κ3) is 5.51. The summed E-state index contributed by atoms with van der Waals surface area (Å²) in [5.74, 6) is 1.30. The zero-order chi connectivity index (χ0) is 16.7. The van der Waals surface area contributed by atoms with Crippen LogP contribution in [0.1, 0.15) is 21.0 Å². The van der Waals surface area contributed by atoms with Crippen molar-refractivity contribution in [1.29, 1.82) is 0 Å². The van der Waals surface area contributed by atoms with Gasteiger partial charge in [0.15, 0.2) is 5.96 Å². The van der Waals surface area contributed by atoms with Crippen molar-refractivity contribution >= 4 is 29.1 Å². The van der Waals surface area contributed by atoms with Crippen LogP contribution in [0.2, 0.25) is 0 Å². The first kappa shape index (κ1) is 17.7. The first-order valence-electron chi connectivity index (χ1n) is 7.24. The fourth-order valence-electron chi connectivity index (χ4n) is 2.10. The van der Waals surface area contributed by atoms with Gasteiger partial charge >= 0.3 is 0 Å². The van der Waals surface area contributed by atoms with Crippen LogP contribution in [-0.4, -0.2) is 24.2 Å². The molecular weight excluding hydrogens is 331 g/mol. The third-order valence-corrected chi connectivity index (χ3v) is 4.73. The molecule has 23 heavy (non-hydrogen) atoms. The Morgan fingerprint density at radius 1 is 1.30 bits per heavy atom. The highest BCUT2D eigenvalue weighted by atomic mass is 32.2. The molecule has 1 aromatic heterocycles. The van der Waals surface area contributed by atoms with Gasteiger partial charge in [0.25, 0.3) is 0 Å². The minimum absolute atomic E-state index is 0.195. The van der Waals surface area contributed by atoms with Gasteiger partial charge in [0, 0.05) is 30.4 Å². The maximum Gasteiger partial charge on any atom is 0.191 e. The maximum absolute atomic E-state index is 13.4. The Hall–Kier alpha value is -1.60. The number of thioether (sulfide) groups is 1. The van der Waals surface area contributed by atoms with Crippen LogP contribution < -0.4 is 10.6 Å². The lowest BCUT2D eigenvalue weighted by Crippen LogP contribution is -2.36. The predicted molar refractivity (Wildman–Crippen MR) is 97.5 cm³/mol. The first-order chi connectivity index (χ1) is 11.1. The Morgan fingerprint density at radius 3 is 2.74 bits per heavy atom. The number of aryl methyl sites for hydroxylation is 1. The smallest absolute Gasteiger partial charge is 0.191 e. The van der Waals surface area contributed by atoms with E-state index in [9.17, 15) is 4.39 Å². The van der Waals surface area contributed by atoms with Crippen LogP contribution in [0.15, 0.2) is 29.4 Å². The molecule has 0 aliphatic carbocycles. The van der Waals surface area contributed by atoms with Gasteiger partial charge < -0.3 is 10.6 Å². The molecule has 0 saturated carbocycles. The second-order valence-corrected chi connectivity index (χ2v) is 7.18. The van der Waals surface area contributed by atoms with Crippen molar-refractivity contribution in [2.24, 2.45) is 4.99 Å². The van der Waals surface area contributed by atoms with Crippen molar-refractivity contribution in [3.8, 4) is 0 Å². The van der Waals surface area contributed by atoms with E-state index in [0.717, 1.165) is 21.9 Å². The molecule has 4 nitrogen and oxygen atoms in total. The summed E-state index contributed by atoms with van der Waals surface area (Å²) in [6.45, 7) is 3.28. The van der Waals surface area contributed by atoms with E-state index in [-0.39, 0.29) is 5.82 Å². The van der Waals surface area contributed by atoms with Gasteiger partial charge in [-0.15, -0.1) is 11.3 Å². The summed E-state index contributed by atoms with van der Waals surface area (Å²) in [5.41, 5.74) is 2.09. The quantitative estimate of drug-likeness (QED) is 0.618. The molecule has 1 aromatic carbocycles. The van der Waals surface area contributed by atoms with E-state index in [1.165, 1.54) is 10.9 Å². The number of guanidine groups is 1. The molecule has 1 heterocycles. The zero-order valence-corrected chi connectivity index (χ0v) is 15.2. The van der Waals surface area contributed by atoms with E-state index in [1.807, 2.05) is 25.4 Å². The van der Waals surface area contributed by atoms with Gasteiger partial charge in [-0.05, 0) is 36.4 Å². The van der Waals surface area contributed by atoms with E-state index in [0.29, 0.717) is 19.0 Å². The van der Waals surface area contributed by atoms with Crippen LogP contribution in [0.5, 0.6) is 0 Å². The summed E-state index contributed by atoms with van der Waals surface area (Å²) in [7, 11) is 1.73. The van der Waals surface area contributed by atoms with Crippen LogP contribution in [0.25, 0.3) is 0 Å². The summed E-state index contributed by atoms with van der Waals surface area (Å²) < 4.78 is 13.4. The van der Waals surface area contributed by atoms with Crippen molar-refractivity contribution in [3.05, 3.63) is 51.2 Å². The Bertz CT molecular complexity index is 670. The largest absolute Gasteiger partial charge is 0.352 e. The molecule has 7 heteroatoms. The number of nitrogens with one attached hydrogen (secondary N) is 2. The minimum Gasteiger partial charge on any atom is -0.352 e. The van der Waals surface area contributed by atoms with E-state index < -0.39 is 0 Å². The summed E-state index contributed by atoms with van der Waals surface area (Å²) in [6.07, 6.45) is 3.88. The monoisotopic (exact) mass is 352 g/mol. The Morgan fingerprint density at radius 2 is 2.09 bits per heavy atom. The molecule has 124 valence electrons. The molecule has 0 aliphatic rings. The number of nitrogens with zero attached hydrogens (tertiary/aromatic N) is 2. The van der Waals surface area contributed by atoms with Crippen molar-refractivity contribution in [3.63, 3.8) is 0 Å². The molecule has 0 radical (unpaired) electrons. The topological polar surface area (TPSA) is 49.3 Å². The highest BCUT2D eigenvalue weighted by molar-refractivity contribution is 7.97. The Labute approximate surface area is 144 Å². The lowest BCUT2D eigenvalue weighted by atomic mass is 10.1. The second-order valence-electron chi connectivity index (χ2n) is 4.99. The average Bonchev–Trinajstić information content (AvgIpc) is 2.95. The van der Waals surface area contributed by atoms with Gasteiger partial charge in [-0.2, -0.15) is 11.8 Å². The van der Waals surface area contributed by atoms with Gasteiger partial charge in [0.1, 0.15) is 10.8 Å². The Kier molecular flexibility index (Phi) is 6.85. The van der Waals surface area contributed by atoms with E-state index in [2.05, 4.69) is 20.6 Å². The zero-order valence-electron chi connectivity index (χ0n) is 13.5. The van der Waals surface area contributed by atoms with Gasteiger partial charge in [0.05, 0.1) is 6.54 Å². The van der Waals surface area contributed by atoms with Crippen LogP contribution in [0.4, 0.5) is 4.39 Å². The van der Waals surface area contributed by atoms with Crippen molar-refractivity contribution in [2.45, 2.75) is 25.8 Å². The molecule has 0 amide bonds. The van der Waals surface area contributed by atoms with Crippen molar-refractivity contribution < 1.29 is 4.39 Å². The molecule has 2 rings (SSSR count). The van der Waals surface area contributed by atoms with Crippen LogP contribution in [-0.2, 0) is 18.8 Å². The highest BCUT2D eigenvalue weighted by Crippen LogP contribution is 2.16.